The lowest BCUT2D eigenvalue weighted by Crippen LogP contribution is -2.42. The fourth-order valence-corrected chi connectivity index (χ4v) is 1.88. The number of nitrogens with zero attached hydrogens (tertiary/aromatic N) is 2. The van der Waals surface area contributed by atoms with Crippen LogP contribution in [0.3, 0.4) is 0 Å². The van der Waals surface area contributed by atoms with Crippen molar-refractivity contribution < 1.29 is 9.53 Å². The number of hydrogen-bond donors (Lipinski definition) is 0. The van der Waals surface area contributed by atoms with E-state index in [0.29, 0.717) is 26.3 Å². The summed E-state index contributed by atoms with van der Waals surface area (Å²) in [6.45, 7) is 2.26. The molecule has 1 amide bonds. The van der Waals surface area contributed by atoms with Crippen LogP contribution in [0.5, 0.6) is 0 Å². The molecule has 0 N–H and O–H groups in total. The first-order valence-electron chi connectivity index (χ1n) is 5.64. The molecular weight excluding hydrogens is 216 g/mol. The van der Waals surface area contributed by atoms with Gasteiger partial charge in [-0.15, -0.1) is 0 Å². The van der Waals surface area contributed by atoms with Gasteiger partial charge in [-0.3, -0.25) is 4.79 Å². The van der Waals surface area contributed by atoms with Gasteiger partial charge in [-0.1, -0.05) is 30.3 Å². The number of amides is 1. The van der Waals surface area contributed by atoms with E-state index in [-0.39, 0.29) is 5.91 Å². The summed E-state index contributed by atoms with van der Waals surface area (Å²) < 4.78 is 5.19. The molecule has 1 atom stereocenters. The van der Waals surface area contributed by atoms with E-state index in [1.165, 1.54) is 0 Å². The zero-order chi connectivity index (χ0) is 12.1. The third-order valence-corrected chi connectivity index (χ3v) is 2.83. The Hall–Kier alpha value is -1.86. The molecule has 88 valence electrons. The minimum Gasteiger partial charge on any atom is -0.378 e. The molecule has 17 heavy (non-hydrogen) atoms. The average Bonchev–Trinajstić information content (AvgIpc) is 2.42. The van der Waals surface area contributed by atoms with Crippen LogP contribution in [-0.4, -0.2) is 37.1 Å². The molecule has 1 aliphatic rings. The molecule has 0 saturated carbocycles. The highest BCUT2D eigenvalue weighted by atomic mass is 16.5. The molecule has 1 saturated heterocycles. The molecule has 0 bridgehead atoms. The summed E-state index contributed by atoms with van der Waals surface area (Å²) in [5.41, 5.74) is 0.756. The topological polar surface area (TPSA) is 53.3 Å². The molecule has 4 heteroatoms. The maximum atomic E-state index is 12.2. The third-order valence-electron chi connectivity index (χ3n) is 2.83. The quantitative estimate of drug-likeness (QED) is 0.766. The van der Waals surface area contributed by atoms with Gasteiger partial charge in [-0.2, -0.15) is 5.26 Å². The van der Waals surface area contributed by atoms with Gasteiger partial charge in [0.05, 0.1) is 19.3 Å². The Labute approximate surface area is 100 Å². The summed E-state index contributed by atoms with van der Waals surface area (Å²) in [4.78, 5) is 13.9. The maximum Gasteiger partial charge on any atom is 0.244 e. The van der Waals surface area contributed by atoms with E-state index in [0.717, 1.165) is 5.56 Å². The van der Waals surface area contributed by atoms with Crippen LogP contribution in [0.4, 0.5) is 0 Å². The minimum atomic E-state index is -0.700. The Kier molecular flexibility index (Phi) is 3.73. The van der Waals surface area contributed by atoms with Gasteiger partial charge in [0, 0.05) is 13.1 Å². The summed E-state index contributed by atoms with van der Waals surface area (Å²) in [5, 5.41) is 9.15. The highest BCUT2D eigenvalue weighted by Gasteiger charge is 2.26. The van der Waals surface area contributed by atoms with Crippen molar-refractivity contribution in [1.82, 2.24) is 4.90 Å². The second kappa shape index (κ2) is 5.46. The van der Waals surface area contributed by atoms with E-state index >= 15 is 0 Å². The van der Waals surface area contributed by atoms with Crippen molar-refractivity contribution >= 4 is 5.91 Å². The van der Waals surface area contributed by atoms with Crippen LogP contribution >= 0.6 is 0 Å². The first kappa shape index (κ1) is 11.6. The smallest absolute Gasteiger partial charge is 0.244 e. The van der Waals surface area contributed by atoms with Crippen molar-refractivity contribution in [2.75, 3.05) is 26.3 Å². The van der Waals surface area contributed by atoms with Crippen LogP contribution in [0.1, 0.15) is 11.5 Å². The van der Waals surface area contributed by atoms with Gasteiger partial charge in [-0.05, 0) is 5.56 Å². The summed E-state index contributed by atoms with van der Waals surface area (Å²) in [6.07, 6.45) is 0. The van der Waals surface area contributed by atoms with E-state index < -0.39 is 5.92 Å². The average molecular weight is 230 g/mol. The van der Waals surface area contributed by atoms with E-state index in [1.807, 2.05) is 30.3 Å². The fourth-order valence-electron chi connectivity index (χ4n) is 1.88. The third kappa shape index (κ3) is 2.63. The Morgan fingerprint density at radius 2 is 1.94 bits per heavy atom. The first-order valence-corrected chi connectivity index (χ1v) is 5.64. The van der Waals surface area contributed by atoms with E-state index in [4.69, 9.17) is 10.00 Å². The normalized spacial score (nSPS) is 17.2. The Morgan fingerprint density at radius 3 is 2.53 bits per heavy atom. The lowest BCUT2D eigenvalue weighted by molar-refractivity contribution is -0.135. The van der Waals surface area contributed by atoms with Crippen molar-refractivity contribution in [3.63, 3.8) is 0 Å². The molecule has 0 spiro atoms. The molecule has 1 aliphatic heterocycles. The number of rotatable bonds is 2. The number of carbonyl (C=O) groups excluding carboxylic acids is 1. The first-order chi connectivity index (χ1) is 8.33. The highest BCUT2D eigenvalue weighted by molar-refractivity contribution is 5.86. The summed E-state index contributed by atoms with van der Waals surface area (Å²) >= 11 is 0. The van der Waals surface area contributed by atoms with Crippen molar-refractivity contribution in [3.05, 3.63) is 35.9 Å². The molecular formula is C13H14N2O2. The van der Waals surface area contributed by atoms with Gasteiger partial charge < -0.3 is 9.64 Å². The number of hydrogen-bond acceptors (Lipinski definition) is 3. The lowest BCUT2D eigenvalue weighted by atomic mass is 9.99. The van der Waals surface area contributed by atoms with Gasteiger partial charge >= 0.3 is 0 Å². The summed E-state index contributed by atoms with van der Waals surface area (Å²) in [5.74, 6) is -0.823. The number of carbonyl (C=O) groups is 1. The van der Waals surface area contributed by atoms with Gasteiger partial charge in [-0.25, -0.2) is 0 Å². The van der Waals surface area contributed by atoms with Crippen LogP contribution in [0.25, 0.3) is 0 Å². The predicted octanol–water partition coefficient (Wildman–Crippen LogP) is 1.15. The molecule has 1 fully saturated rings. The second-order valence-corrected chi connectivity index (χ2v) is 3.91. The molecule has 1 unspecified atom stereocenters. The van der Waals surface area contributed by atoms with E-state index in [1.54, 1.807) is 4.90 Å². The van der Waals surface area contributed by atoms with Crippen LogP contribution in [0.15, 0.2) is 30.3 Å². The molecule has 0 aliphatic carbocycles. The molecule has 4 nitrogen and oxygen atoms in total. The second-order valence-electron chi connectivity index (χ2n) is 3.91. The minimum absolute atomic E-state index is 0.123. The predicted molar refractivity (Wildman–Crippen MR) is 62.2 cm³/mol. The zero-order valence-electron chi connectivity index (χ0n) is 9.50. The van der Waals surface area contributed by atoms with Crippen molar-refractivity contribution in [1.29, 1.82) is 5.26 Å². The molecule has 0 radical (unpaired) electrons. The Balaban J connectivity index is 2.13. The van der Waals surface area contributed by atoms with Crippen LogP contribution in [0.2, 0.25) is 0 Å². The number of ether oxygens (including phenoxy) is 1. The van der Waals surface area contributed by atoms with E-state index in [2.05, 4.69) is 6.07 Å². The lowest BCUT2D eigenvalue weighted by Gasteiger charge is -2.28. The largest absolute Gasteiger partial charge is 0.378 e. The van der Waals surface area contributed by atoms with Gasteiger partial charge in [0.1, 0.15) is 5.92 Å². The zero-order valence-corrected chi connectivity index (χ0v) is 9.50. The van der Waals surface area contributed by atoms with Crippen molar-refractivity contribution in [2.24, 2.45) is 0 Å². The van der Waals surface area contributed by atoms with Crippen LogP contribution < -0.4 is 0 Å². The standard InChI is InChI=1S/C13H14N2O2/c14-10-12(11-4-2-1-3-5-11)13(16)15-6-8-17-9-7-15/h1-5,12H,6-9H2. The molecule has 1 heterocycles. The fraction of sp³-hybridized carbons (Fsp3) is 0.385. The SMILES string of the molecule is N#CC(C(=O)N1CCOCC1)c1ccccc1. The summed E-state index contributed by atoms with van der Waals surface area (Å²) in [7, 11) is 0. The van der Waals surface area contributed by atoms with Crippen molar-refractivity contribution in [2.45, 2.75) is 5.92 Å². The Bertz CT molecular complexity index is 419. The van der Waals surface area contributed by atoms with Crippen LogP contribution in [-0.2, 0) is 9.53 Å². The number of nitriles is 1. The van der Waals surface area contributed by atoms with Crippen LogP contribution in [0, 0.1) is 11.3 Å². The monoisotopic (exact) mass is 230 g/mol. The number of benzene rings is 1. The molecule has 1 aromatic rings. The van der Waals surface area contributed by atoms with E-state index in [9.17, 15) is 4.79 Å². The van der Waals surface area contributed by atoms with Gasteiger partial charge in [0.25, 0.3) is 0 Å². The maximum absolute atomic E-state index is 12.2. The number of morpholine rings is 1. The molecule has 1 aromatic carbocycles. The molecule has 2 rings (SSSR count). The molecule has 0 aromatic heterocycles. The van der Waals surface area contributed by atoms with Gasteiger partial charge in [0.15, 0.2) is 0 Å². The Morgan fingerprint density at radius 1 is 1.29 bits per heavy atom. The van der Waals surface area contributed by atoms with Gasteiger partial charge in [0.2, 0.25) is 5.91 Å². The highest BCUT2D eigenvalue weighted by Crippen LogP contribution is 2.18. The van der Waals surface area contributed by atoms with Crippen molar-refractivity contribution in [3.8, 4) is 6.07 Å². The summed E-state index contributed by atoms with van der Waals surface area (Å²) in [6, 6.07) is 11.3.